The molecule has 4 nitrogen and oxygen atoms in total. The van der Waals surface area contributed by atoms with Gasteiger partial charge in [-0.2, -0.15) is 0 Å². The van der Waals surface area contributed by atoms with Crippen LogP contribution < -0.4 is 0 Å². The molecule has 0 aliphatic heterocycles. The van der Waals surface area contributed by atoms with E-state index in [1.165, 1.54) is 14.2 Å². The van der Waals surface area contributed by atoms with E-state index >= 15 is 0 Å². The normalized spacial score (nSPS) is 12.1. The van der Waals surface area contributed by atoms with E-state index < -0.39 is 0 Å². The van der Waals surface area contributed by atoms with Crippen LogP contribution in [0, 0.1) is 0 Å². The van der Waals surface area contributed by atoms with Gasteiger partial charge in [0.1, 0.15) is 13.2 Å². The first-order valence-electron chi connectivity index (χ1n) is 3.39. The molecule has 0 amide bonds. The average molecular weight is 194 g/mol. The maximum atomic E-state index is 4.73. The van der Waals surface area contributed by atoms with Crippen LogP contribution in [0.15, 0.2) is 11.0 Å². The van der Waals surface area contributed by atoms with Gasteiger partial charge >= 0.3 is 0 Å². The first-order valence-corrected chi connectivity index (χ1v) is 4.61. The molecular weight excluding hydrogens is 180 g/mol. The smallest absolute Gasteiger partial charge is 0.113 e. The molecule has 0 aromatic carbocycles. The van der Waals surface area contributed by atoms with Gasteiger partial charge in [-0.05, 0) is 12.3 Å². The zero-order chi connectivity index (χ0) is 9.23. The van der Waals surface area contributed by atoms with E-state index in [0.29, 0.717) is 13.2 Å². The molecule has 0 bridgehead atoms. The van der Waals surface area contributed by atoms with Crippen molar-refractivity contribution < 1.29 is 19.6 Å². The summed E-state index contributed by atoms with van der Waals surface area (Å²) in [5, 5.41) is 0. The molecule has 0 atom stereocenters. The van der Waals surface area contributed by atoms with Gasteiger partial charge < -0.3 is 0 Å². The molecule has 5 heteroatoms. The third-order valence-corrected chi connectivity index (χ3v) is 1.89. The van der Waals surface area contributed by atoms with Crippen molar-refractivity contribution in [3.63, 3.8) is 0 Å². The van der Waals surface area contributed by atoms with Gasteiger partial charge in [0.25, 0.3) is 0 Å². The summed E-state index contributed by atoms with van der Waals surface area (Å²) in [5.41, 5.74) is 0. The van der Waals surface area contributed by atoms with E-state index in [0.717, 1.165) is 4.91 Å². The molecule has 0 aromatic rings. The monoisotopic (exact) mass is 194 g/mol. The predicted octanol–water partition coefficient (Wildman–Crippen LogP) is 1.39. The summed E-state index contributed by atoms with van der Waals surface area (Å²) in [4.78, 5) is 19.3. The summed E-state index contributed by atoms with van der Waals surface area (Å²) >= 11 is 1.58. The predicted molar refractivity (Wildman–Crippen MR) is 47.5 cm³/mol. The van der Waals surface area contributed by atoms with Crippen LogP contribution in [0.2, 0.25) is 0 Å². The molecule has 0 heterocycles. The topological polar surface area (TPSA) is 36.9 Å². The second-order valence-corrected chi connectivity index (χ2v) is 2.69. The molecule has 0 saturated carbocycles. The number of rotatable bonds is 7. The van der Waals surface area contributed by atoms with Crippen LogP contribution >= 0.6 is 11.8 Å². The minimum absolute atomic E-state index is 0.416. The SMILES string of the molecule is COOC/C=C(\COOC)SC. The van der Waals surface area contributed by atoms with Crippen molar-refractivity contribution in [1.82, 2.24) is 0 Å². The fourth-order valence-corrected chi connectivity index (χ4v) is 0.914. The van der Waals surface area contributed by atoms with Crippen molar-refractivity contribution in [3.8, 4) is 0 Å². The van der Waals surface area contributed by atoms with Crippen molar-refractivity contribution in [3.05, 3.63) is 11.0 Å². The van der Waals surface area contributed by atoms with Crippen LogP contribution in [0.3, 0.4) is 0 Å². The molecule has 0 saturated heterocycles. The maximum Gasteiger partial charge on any atom is 0.113 e. The molecule has 0 radical (unpaired) electrons. The van der Waals surface area contributed by atoms with E-state index in [1.807, 2.05) is 12.3 Å². The van der Waals surface area contributed by atoms with Gasteiger partial charge in [-0.25, -0.2) is 19.6 Å². The second-order valence-electron chi connectivity index (χ2n) is 1.75. The summed E-state index contributed by atoms with van der Waals surface area (Å²) in [6, 6.07) is 0. The molecule has 0 aromatic heterocycles. The Morgan fingerprint density at radius 2 is 1.92 bits per heavy atom. The van der Waals surface area contributed by atoms with E-state index in [-0.39, 0.29) is 0 Å². The Hall–Kier alpha value is -0.0700. The Kier molecular flexibility index (Phi) is 8.97. The summed E-state index contributed by atoms with van der Waals surface area (Å²) in [6.45, 7) is 0.852. The first-order chi connectivity index (χ1) is 5.85. The number of hydrogen-bond donors (Lipinski definition) is 0. The molecule has 0 aliphatic rings. The van der Waals surface area contributed by atoms with Crippen LogP contribution in [0.25, 0.3) is 0 Å². The molecule has 72 valence electrons. The molecule has 0 aliphatic carbocycles. The van der Waals surface area contributed by atoms with E-state index in [2.05, 4.69) is 14.7 Å². The fourth-order valence-electron chi connectivity index (χ4n) is 0.513. The van der Waals surface area contributed by atoms with Crippen molar-refractivity contribution >= 4 is 11.8 Å². The number of hydrogen-bond acceptors (Lipinski definition) is 5. The third kappa shape index (κ3) is 6.63. The lowest BCUT2D eigenvalue weighted by molar-refractivity contribution is -0.266. The Balaban J connectivity index is 3.55. The number of thioether (sulfide) groups is 1. The highest BCUT2D eigenvalue weighted by atomic mass is 32.2. The lowest BCUT2D eigenvalue weighted by atomic mass is 10.5. The van der Waals surface area contributed by atoms with Gasteiger partial charge in [0.05, 0.1) is 14.2 Å². The highest BCUT2D eigenvalue weighted by Crippen LogP contribution is 2.11. The van der Waals surface area contributed by atoms with Gasteiger partial charge in [0, 0.05) is 4.91 Å². The van der Waals surface area contributed by atoms with Crippen LogP contribution in [-0.2, 0) is 19.6 Å². The first kappa shape index (κ1) is 11.9. The Bertz CT molecular complexity index is 127. The molecule has 0 spiro atoms. The molecule has 12 heavy (non-hydrogen) atoms. The van der Waals surface area contributed by atoms with Gasteiger partial charge in [-0.3, -0.25) is 0 Å². The highest BCUT2D eigenvalue weighted by Gasteiger charge is 1.94. The molecule has 0 N–H and O–H groups in total. The van der Waals surface area contributed by atoms with Gasteiger partial charge in [-0.15, -0.1) is 11.8 Å². The van der Waals surface area contributed by atoms with Crippen molar-refractivity contribution in [1.29, 1.82) is 0 Å². The van der Waals surface area contributed by atoms with Crippen LogP contribution in [0.4, 0.5) is 0 Å². The van der Waals surface area contributed by atoms with Crippen molar-refractivity contribution in [2.24, 2.45) is 0 Å². The Morgan fingerprint density at radius 3 is 2.42 bits per heavy atom. The van der Waals surface area contributed by atoms with Crippen molar-refractivity contribution in [2.45, 2.75) is 0 Å². The zero-order valence-electron chi connectivity index (χ0n) is 7.53. The summed E-state index contributed by atoms with van der Waals surface area (Å²) < 4.78 is 0. The third-order valence-electron chi connectivity index (χ3n) is 1.08. The van der Waals surface area contributed by atoms with Gasteiger partial charge in [0.15, 0.2) is 0 Å². The minimum Gasteiger partial charge on any atom is -0.240 e. The van der Waals surface area contributed by atoms with Gasteiger partial charge in [0.2, 0.25) is 0 Å². The fraction of sp³-hybridized carbons (Fsp3) is 0.714. The molecule has 0 unspecified atom stereocenters. The van der Waals surface area contributed by atoms with Crippen molar-refractivity contribution in [2.75, 3.05) is 33.7 Å². The Morgan fingerprint density at radius 1 is 1.25 bits per heavy atom. The molecule has 0 rings (SSSR count). The second kappa shape index (κ2) is 9.02. The van der Waals surface area contributed by atoms with E-state index in [1.54, 1.807) is 11.8 Å². The summed E-state index contributed by atoms with van der Waals surface area (Å²) in [5.74, 6) is 0. The standard InChI is InChI=1S/C7H14O4S/c1-8-10-5-4-7(12-3)6-11-9-2/h4H,5-6H2,1-3H3/b7-4+. The van der Waals surface area contributed by atoms with E-state index in [4.69, 9.17) is 4.89 Å². The lowest BCUT2D eigenvalue weighted by Gasteiger charge is -2.02. The summed E-state index contributed by atoms with van der Waals surface area (Å²) in [6.07, 6.45) is 3.82. The van der Waals surface area contributed by atoms with Crippen LogP contribution in [0.1, 0.15) is 0 Å². The minimum atomic E-state index is 0.416. The lowest BCUT2D eigenvalue weighted by Crippen LogP contribution is -1.96. The van der Waals surface area contributed by atoms with Crippen LogP contribution in [-0.4, -0.2) is 33.7 Å². The zero-order valence-corrected chi connectivity index (χ0v) is 8.35. The van der Waals surface area contributed by atoms with E-state index in [9.17, 15) is 0 Å². The Labute approximate surface area is 76.7 Å². The molecular formula is C7H14O4S. The van der Waals surface area contributed by atoms with Crippen LogP contribution in [0.5, 0.6) is 0 Å². The summed E-state index contributed by atoms with van der Waals surface area (Å²) in [7, 11) is 2.95. The molecule has 0 fully saturated rings. The highest BCUT2D eigenvalue weighted by molar-refractivity contribution is 8.02. The van der Waals surface area contributed by atoms with Gasteiger partial charge in [-0.1, -0.05) is 0 Å². The maximum absolute atomic E-state index is 4.73. The largest absolute Gasteiger partial charge is 0.240 e. The quantitative estimate of drug-likeness (QED) is 0.348. The average Bonchev–Trinajstić information content (AvgIpc) is 2.11.